The Labute approximate surface area is 253 Å². The van der Waals surface area contributed by atoms with Crippen molar-refractivity contribution < 1.29 is 33.6 Å². The van der Waals surface area contributed by atoms with Crippen LogP contribution in [0.5, 0.6) is 23.0 Å². The van der Waals surface area contributed by atoms with E-state index in [-0.39, 0.29) is 17.9 Å². The Hall–Kier alpha value is -4.50. The highest BCUT2D eigenvalue weighted by Crippen LogP contribution is 2.45. The molecular weight excluding hydrogens is 548 g/mol. The number of nitrogens with zero attached hydrogens (tertiary/aromatic N) is 2. The van der Waals surface area contributed by atoms with E-state index in [9.17, 15) is 14.7 Å². The Bertz CT molecular complexity index is 1450. The second kappa shape index (κ2) is 14.1. The van der Waals surface area contributed by atoms with Crippen LogP contribution in [0.25, 0.3) is 5.76 Å². The maximum Gasteiger partial charge on any atom is 0.295 e. The van der Waals surface area contributed by atoms with E-state index in [0.717, 1.165) is 24.2 Å². The molecule has 0 radical (unpaired) electrons. The molecule has 0 saturated carbocycles. The lowest BCUT2D eigenvalue weighted by atomic mass is 9.94. The molecule has 4 rings (SSSR count). The minimum atomic E-state index is -0.874. The van der Waals surface area contributed by atoms with Crippen molar-refractivity contribution in [2.24, 2.45) is 0 Å². The number of aryl methyl sites for hydroxylation is 1. The number of benzene rings is 3. The average molecular weight is 589 g/mol. The Kier molecular flexibility index (Phi) is 10.3. The van der Waals surface area contributed by atoms with E-state index >= 15 is 0 Å². The van der Waals surface area contributed by atoms with Gasteiger partial charge in [-0.15, -0.1) is 0 Å². The Balaban J connectivity index is 1.74. The lowest BCUT2D eigenvalue weighted by molar-refractivity contribution is -0.140. The number of ketones is 1. The van der Waals surface area contributed by atoms with Crippen LogP contribution in [0.2, 0.25) is 0 Å². The standard InChI is InChI=1S/C34H40N2O7/c1-7-35(8-2)16-17-36-30(25-19-27(40-4)33(42-6)28(20-25)41-5)29(32(38)34(36)39)31(37)24-12-14-26(15-13-24)43-21-23-11-9-10-22(3)18-23/h9-15,18-20,30,37H,7-8,16-17,21H2,1-6H3/b31-29+. The van der Waals surface area contributed by atoms with Gasteiger partial charge < -0.3 is 33.9 Å². The number of aliphatic hydroxyl groups excluding tert-OH is 1. The van der Waals surface area contributed by atoms with Crippen LogP contribution >= 0.6 is 0 Å². The minimum absolute atomic E-state index is 0.00718. The third kappa shape index (κ3) is 6.78. The van der Waals surface area contributed by atoms with Crippen LogP contribution in [-0.2, 0) is 16.2 Å². The monoisotopic (exact) mass is 588 g/mol. The zero-order valence-corrected chi connectivity index (χ0v) is 25.7. The topological polar surface area (TPSA) is 97.8 Å². The van der Waals surface area contributed by atoms with Crippen molar-refractivity contribution in [1.29, 1.82) is 0 Å². The molecule has 3 aromatic carbocycles. The first-order valence-electron chi connectivity index (χ1n) is 14.4. The predicted octanol–water partition coefficient (Wildman–Crippen LogP) is 5.36. The molecule has 0 aromatic heterocycles. The van der Waals surface area contributed by atoms with Crippen molar-refractivity contribution in [2.45, 2.75) is 33.4 Å². The van der Waals surface area contributed by atoms with E-state index < -0.39 is 17.7 Å². The molecule has 3 aromatic rings. The van der Waals surface area contributed by atoms with E-state index in [1.54, 1.807) is 36.4 Å². The molecule has 1 fully saturated rings. The molecule has 0 bridgehead atoms. The fourth-order valence-corrected chi connectivity index (χ4v) is 5.34. The highest BCUT2D eigenvalue weighted by molar-refractivity contribution is 6.46. The summed E-state index contributed by atoms with van der Waals surface area (Å²) in [4.78, 5) is 30.7. The molecule has 1 unspecified atom stereocenters. The van der Waals surface area contributed by atoms with E-state index in [1.165, 1.54) is 26.2 Å². The molecule has 1 N–H and O–H groups in total. The molecule has 1 atom stereocenters. The summed E-state index contributed by atoms with van der Waals surface area (Å²) >= 11 is 0. The third-order valence-electron chi connectivity index (χ3n) is 7.71. The van der Waals surface area contributed by atoms with Gasteiger partial charge in [-0.05, 0) is 67.5 Å². The van der Waals surface area contributed by atoms with Crippen LogP contribution in [0.15, 0.2) is 66.2 Å². The van der Waals surface area contributed by atoms with Gasteiger partial charge in [0.2, 0.25) is 5.75 Å². The van der Waals surface area contributed by atoms with Gasteiger partial charge in [-0.3, -0.25) is 9.59 Å². The predicted molar refractivity (Wildman–Crippen MR) is 165 cm³/mol. The van der Waals surface area contributed by atoms with Gasteiger partial charge in [0.25, 0.3) is 11.7 Å². The maximum atomic E-state index is 13.5. The summed E-state index contributed by atoms with van der Waals surface area (Å²) in [7, 11) is 4.51. The highest BCUT2D eigenvalue weighted by Gasteiger charge is 2.46. The van der Waals surface area contributed by atoms with E-state index in [0.29, 0.717) is 47.3 Å². The van der Waals surface area contributed by atoms with Crippen molar-refractivity contribution in [2.75, 3.05) is 47.5 Å². The maximum absolute atomic E-state index is 13.5. The first kappa shape index (κ1) is 31.4. The lowest BCUT2D eigenvalue weighted by Gasteiger charge is -2.29. The van der Waals surface area contributed by atoms with Gasteiger partial charge in [0.1, 0.15) is 18.1 Å². The molecule has 43 heavy (non-hydrogen) atoms. The van der Waals surface area contributed by atoms with Gasteiger partial charge in [0.05, 0.1) is 32.9 Å². The molecule has 0 spiro atoms. The zero-order valence-electron chi connectivity index (χ0n) is 25.7. The average Bonchev–Trinajstić information content (AvgIpc) is 3.28. The van der Waals surface area contributed by atoms with Crippen molar-refractivity contribution >= 4 is 17.4 Å². The summed E-state index contributed by atoms with van der Waals surface area (Å²) < 4.78 is 22.5. The second-order valence-corrected chi connectivity index (χ2v) is 10.3. The molecule has 9 heteroatoms. The number of Topliss-reactive ketones (excluding diaryl/α,β-unsaturated/α-hetero) is 1. The number of hydrogen-bond acceptors (Lipinski definition) is 8. The molecule has 1 aliphatic heterocycles. The molecule has 1 saturated heterocycles. The smallest absolute Gasteiger partial charge is 0.295 e. The summed E-state index contributed by atoms with van der Waals surface area (Å²) in [6.07, 6.45) is 0. The van der Waals surface area contributed by atoms with Gasteiger partial charge in [0, 0.05) is 18.7 Å². The molecule has 1 amide bonds. The number of carbonyl (C=O) groups excluding carboxylic acids is 2. The number of carbonyl (C=O) groups is 2. The zero-order chi connectivity index (χ0) is 31.1. The van der Waals surface area contributed by atoms with Crippen LogP contribution in [0, 0.1) is 6.92 Å². The SMILES string of the molecule is CCN(CC)CCN1C(=O)C(=O)/C(=C(/O)c2ccc(OCc3cccc(C)c3)cc2)C1c1cc(OC)c(OC)c(OC)c1. The van der Waals surface area contributed by atoms with Crippen molar-refractivity contribution in [3.8, 4) is 23.0 Å². The second-order valence-electron chi connectivity index (χ2n) is 10.3. The summed E-state index contributed by atoms with van der Waals surface area (Å²) in [6, 6.07) is 17.4. The number of aliphatic hydroxyl groups is 1. The minimum Gasteiger partial charge on any atom is -0.507 e. The first-order chi connectivity index (χ1) is 20.8. The number of ether oxygens (including phenoxy) is 4. The summed E-state index contributed by atoms with van der Waals surface area (Å²) in [6.45, 7) is 8.96. The normalized spacial score (nSPS) is 16.1. The Morgan fingerprint density at radius 1 is 0.907 bits per heavy atom. The van der Waals surface area contributed by atoms with Gasteiger partial charge >= 0.3 is 0 Å². The summed E-state index contributed by atoms with van der Waals surface area (Å²) in [5.41, 5.74) is 3.13. The summed E-state index contributed by atoms with van der Waals surface area (Å²) in [5.74, 6) is 0.0467. The van der Waals surface area contributed by atoms with Crippen LogP contribution in [0.4, 0.5) is 0 Å². The van der Waals surface area contributed by atoms with Crippen molar-refractivity contribution in [3.05, 3.63) is 88.5 Å². The number of likely N-dealkylation sites (N-methyl/N-ethyl adjacent to an activating group) is 1. The fraction of sp³-hybridized carbons (Fsp3) is 0.353. The molecule has 1 heterocycles. The number of methoxy groups -OCH3 is 3. The Morgan fingerprint density at radius 2 is 1.56 bits per heavy atom. The van der Waals surface area contributed by atoms with Crippen LogP contribution in [0.3, 0.4) is 0 Å². The van der Waals surface area contributed by atoms with E-state index in [1.807, 2.05) is 39.0 Å². The molecule has 9 nitrogen and oxygen atoms in total. The third-order valence-corrected chi connectivity index (χ3v) is 7.71. The quantitative estimate of drug-likeness (QED) is 0.162. The fourth-order valence-electron chi connectivity index (χ4n) is 5.34. The van der Waals surface area contributed by atoms with Crippen LogP contribution < -0.4 is 18.9 Å². The van der Waals surface area contributed by atoms with Gasteiger partial charge in [-0.25, -0.2) is 0 Å². The summed E-state index contributed by atoms with van der Waals surface area (Å²) in [5, 5.41) is 11.6. The molecular formula is C34H40N2O7. The molecule has 1 aliphatic rings. The van der Waals surface area contributed by atoms with Crippen molar-refractivity contribution in [3.63, 3.8) is 0 Å². The number of amides is 1. The van der Waals surface area contributed by atoms with Crippen LogP contribution in [-0.4, -0.2) is 74.1 Å². The van der Waals surface area contributed by atoms with E-state index in [4.69, 9.17) is 18.9 Å². The van der Waals surface area contributed by atoms with Crippen molar-refractivity contribution in [1.82, 2.24) is 9.80 Å². The lowest BCUT2D eigenvalue weighted by Crippen LogP contribution is -2.38. The molecule has 0 aliphatic carbocycles. The highest BCUT2D eigenvalue weighted by atomic mass is 16.5. The van der Waals surface area contributed by atoms with E-state index in [2.05, 4.69) is 11.0 Å². The largest absolute Gasteiger partial charge is 0.507 e. The number of rotatable bonds is 13. The number of likely N-dealkylation sites (tertiary alicyclic amines) is 1. The van der Waals surface area contributed by atoms with Crippen LogP contribution in [0.1, 0.15) is 42.1 Å². The van der Waals surface area contributed by atoms with Gasteiger partial charge in [-0.1, -0.05) is 43.7 Å². The van der Waals surface area contributed by atoms with Gasteiger partial charge in [-0.2, -0.15) is 0 Å². The Morgan fingerprint density at radius 3 is 2.12 bits per heavy atom. The number of hydrogen-bond donors (Lipinski definition) is 1. The first-order valence-corrected chi connectivity index (χ1v) is 14.4. The molecule has 228 valence electrons. The van der Waals surface area contributed by atoms with Gasteiger partial charge in [0.15, 0.2) is 11.5 Å².